The van der Waals surface area contributed by atoms with E-state index in [9.17, 15) is 4.39 Å². The number of aryl methyl sites for hydroxylation is 3. The maximum absolute atomic E-state index is 13.3. The molecule has 0 aromatic heterocycles. The summed E-state index contributed by atoms with van der Waals surface area (Å²) in [5.74, 6) is -0.280. The summed E-state index contributed by atoms with van der Waals surface area (Å²) in [5.41, 5.74) is 13.4. The smallest absolute Gasteiger partial charge is 0.151 e. The van der Waals surface area contributed by atoms with Gasteiger partial charge in [0.25, 0.3) is 0 Å². The highest BCUT2D eigenvalue weighted by Gasteiger charge is 2.01. The topological polar surface area (TPSA) is 133 Å². The highest BCUT2D eigenvalue weighted by atomic mass is 19.1. The van der Waals surface area contributed by atoms with Crippen LogP contribution in [0.1, 0.15) is 16.7 Å². The molecule has 0 saturated carbocycles. The molecule has 0 atom stereocenters. The van der Waals surface area contributed by atoms with Crippen molar-refractivity contribution >= 4 is 54.3 Å². The predicted molar refractivity (Wildman–Crippen MR) is 162 cm³/mol. The Hall–Kier alpha value is -4.99. The van der Waals surface area contributed by atoms with E-state index in [0.717, 1.165) is 23.8 Å². The number of hydrogen-bond acceptors (Lipinski definition) is 9. The van der Waals surface area contributed by atoms with Crippen LogP contribution in [0.15, 0.2) is 87.0 Å². The van der Waals surface area contributed by atoms with Crippen molar-refractivity contribution in [3.05, 3.63) is 89.2 Å². The van der Waals surface area contributed by atoms with E-state index in [4.69, 9.17) is 10.8 Å². The minimum absolute atomic E-state index is 0.280. The van der Waals surface area contributed by atoms with Gasteiger partial charge in [-0.1, -0.05) is 36.4 Å². The van der Waals surface area contributed by atoms with Gasteiger partial charge in [-0.3, -0.25) is 21.3 Å². The zero-order valence-electron chi connectivity index (χ0n) is 22.0. The van der Waals surface area contributed by atoms with E-state index in [1.807, 2.05) is 56.3 Å². The van der Waals surface area contributed by atoms with Crippen LogP contribution in [0.25, 0.3) is 0 Å². The fourth-order valence-corrected chi connectivity index (χ4v) is 2.79. The monoisotopic (exact) mass is 515 g/mol. The summed E-state index contributed by atoms with van der Waals surface area (Å²) >= 11 is 0. The molecule has 9 nitrogen and oxygen atoms in total. The predicted octanol–water partition coefficient (Wildman–Crippen LogP) is 6.32. The molecule has 0 heterocycles. The van der Waals surface area contributed by atoms with Crippen LogP contribution in [0.2, 0.25) is 0 Å². The van der Waals surface area contributed by atoms with Crippen LogP contribution in [-0.2, 0) is 0 Å². The number of hydrazone groups is 3. The van der Waals surface area contributed by atoms with Gasteiger partial charge < -0.3 is 10.8 Å². The summed E-state index contributed by atoms with van der Waals surface area (Å²) in [7, 11) is 1.64. The van der Waals surface area contributed by atoms with Gasteiger partial charge in [-0.15, -0.1) is 0 Å². The first-order valence-corrected chi connectivity index (χ1v) is 11.6. The summed E-state index contributed by atoms with van der Waals surface area (Å²) < 4.78 is 13.3. The number of anilines is 3. The van der Waals surface area contributed by atoms with Gasteiger partial charge in [-0.05, 0) is 67.8 Å². The molecule has 0 fully saturated rings. The molecule has 0 saturated heterocycles. The Bertz CT molecular complexity index is 1220. The lowest BCUT2D eigenvalue weighted by molar-refractivity contribution is 0.621. The quantitative estimate of drug-likeness (QED) is 0.169. The molecule has 0 unspecified atom stereocenters. The summed E-state index contributed by atoms with van der Waals surface area (Å²) in [6, 6.07) is 20.8. The normalized spacial score (nSPS) is 10.6. The van der Waals surface area contributed by atoms with Crippen LogP contribution in [0.3, 0.4) is 0 Å². The Kier molecular flexibility index (Phi) is 15.7. The number of rotatable bonds is 9. The molecule has 3 aromatic rings. The zero-order valence-corrected chi connectivity index (χ0v) is 22.0. The molecular formula is C28H34FN9. The number of nitrogens with one attached hydrogen (secondary N) is 5. The first-order chi connectivity index (χ1) is 18.4. The van der Waals surface area contributed by atoms with Crippen LogP contribution >= 0.6 is 0 Å². The van der Waals surface area contributed by atoms with Crippen molar-refractivity contribution in [2.45, 2.75) is 20.8 Å². The fraction of sp³-hybridized carbons (Fsp3) is 0.143. The van der Waals surface area contributed by atoms with Crippen molar-refractivity contribution in [3.63, 3.8) is 0 Å². The lowest BCUT2D eigenvalue weighted by atomic mass is 10.1. The summed E-state index contributed by atoms with van der Waals surface area (Å²) in [6.07, 6.45) is 8.01. The Morgan fingerprint density at radius 2 is 1.24 bits per heavy atom. The van der Waals surface area contributed by atoms with Crippen molar-refractivity contribution in [1.29, 1.82) is 10.8 Å². The van der Waals surface area contributed by atoms with E-state index in [-0.39, 0.29) is 5.82 Å². The molecule has 0 spiro atoms. The maximum Gasteiger partial charge on any atom is 0.151 e. The second kappa shape index (κ2) is 19.2. The Morgan fingerprint density at radius 1 is 0.658 bits per heavy atom. The van der Waals surface area contributed by atoms with Gasteiger partial charge in [0, 0.05) is 25.7 Å². The Morgan fingerprint density at radius 3 is 1.82 bits per heavy atom. The molecule has 5 N–H and O–H groups in total. The molecule has 0 amide bonds. The van der Waals surface area contributed by atoms with Gasteiger partial charge in [0.1, 0.15) is 0 Å². The third-order valence-electron chi connectivity index (χ3n) is 4.35. The number of para-hydroxylation sites is 1. The lowest BCUT2D eigenvalue weighted by Crippen LogP contribution is -1.95. The highest BCUT2D eigenvalue weighted by Crippen LogP contribution is 2.16. The van der Waals surface area contributed by atoms with Crippen LogP contribution in [0, 0.1) is 37.4 Å². The van der Waals surface area contributed by atoms with Crippen LogP contribution < -0.4 is 16.3 Å². The third-order valence-corrected chi connectivity index (χ3v) is 4.35. The Labute approximate surface area is 223 Å². The molecule has 0 bridgehead atoms. The molecule has 198 valence electrons. The second-order valence-electron chi connectivity index (χ2n) is 7.59. The van der Waals surface area contributed by atoms with Crippen molar-refractivity contribution in [1.82, 2.24) is 0 Å². The fourth-order valence-electron chi connectivity index (χ4n) is 2.79. The molecule has 0 aliphatic carbocycles. The lowest BCUT2D eigenvalue weighted by Gasteiger charge is -2.02. The first kappa shape index (κ1) is 31.0. The minimum atomic E-state index is -0.280. The maximum atomic E-state index is 13.3. The van der Waals surface area contributed by atoms with E-state index >= 15 is 0 Å². The van der Waals surface area contributed by atoms with Gasteiger partial charge in [0.2, 0.25) is 0 Å². The van der Waals surface area contributed by atoms with E-state index in [1.54, 1.807) is 32.2 Å². The number of aliphatic imine (C=N–C) groups is 1. The van der Waals surface area contributed by atoms with Crippen LogP contribution in [-0.4, -0.2) is 44.3 Å². The molecule has 3 aromatic carbocycles. The van der Waals surface area contributed by atoms with Crippen molar-refractivity contribution in [3.8, 4) is 0 Å². The Balaban J connectivity index is 0.000000287. The molecule has 0 aliphatic rings. The summed E-state index contributed by atoms with van der Waals surface area (Å²) in [6.45, 7) is 5.79. The largest absolute Gasteiger partial charge is 0.307 e. The van der Waals surface area contributed by atoms with Crippen LogP contribution in [0.5, 0.6) is 0 Å². The number of halogens is 1. The zero-order chi connectivity index (χ0) is 28.0. The van der Waals surface area contributed by atoms with E-state index in [2.05, 4.69) is 42.6 Å². The number of nitrogens with zero attached hydrogens (tertiary/aromatic N) is 4. The number of benzene rings is 3. The standard InChI is InChI=1S/C10H12FN3.C10H13N3.C8H9N3/c1-8-4-3-5-9(10(8)11)14-13-7-6-12-2;1-8-5-9(2)7-10(6-8)13-12-4-3-11;9-6-7-10-11-8-4-2-1-3-5-8/h3-7,14H,1-2H3;3-7,11,13H,1-2H3;1-7,9,11H/b12-6?,13-7-;11-3?,12-4-;9-6?,10-7-. The number of hydrogen-bond donors (Lipinski definition) is 5. The average molecular weight is 516 g/mol. The van der Waals surface area contributed by atoms with Crippen molar-refractivity contribution in [2.75, 3.05) is 23.3 Å². The first-order valence-electron chi connectivity index (χ1n) is 11.6. The molecule has 0 radical (unpaired) electrons. The highest BCUT2D eigenvalue weighted by molar-refractivity contribution is 6.16. The van der Waals surface area contributed by atoms with Gasteiger partial charge in [0.05, 0.1) is 35.7 Å². The van der Waals surface area contributed by atoms with Gasteiger partial charge in [-0.2, -0.15) is 15.3 Å². The van der Waals surface area contributed by atoms with Gasteiger partial charge >= 0.3 is 0 Å². The van der Waals surface area contributed by atoms with Crippen molar-refractivity contribution in [2.24, 2.45) is 20.3 Å². The van der Waals surface area contributed by atoms with E-state index in [0.29, 0.717) is 11.3 Å². The van der Waals surface area contributed by atoms with Gasteiger partial charge in [-0.25, -0.2) is 4.39 Å². The van der Waals surface area contributed by atoms with E-state index in [1.165, 1.54) is 36.0 Å². The van der Waals surface area contributed by atoms with Crippen LogP contribution in [0.4, 0.5) is 21.5 Å². The molecular weight excluding hydrogens is 481 g/mol. The van der Waals surface area contributed by atoms with E-state index < -0.39 is 0 Å². The van der Waals surface area contributed by atoms with Crippen molar-refractivity contribution < 1.29 is 4.39 Å². The third kappa shape index (κ3) is 13.8. The molecule has 0 aliphatic heterocycles. The average Bonchev–Trinajstić information content (AvgIpc) is 2.90. The summed E-state index contributed by atoms with van der Waals surface area (Å²) in [4.78, 5) is 3.70. The van der Waals surface area contributed by atoms with Gasteiger partial charge in [0.15, 0.2) is 5.82 Å². The SMILES string of the molecule is CN=C/C=N\Nc1cccc(C)c1F.Cc1cc(C)cc(N/N=C\C=N)c1.N=C/C=N\Nc1ccccc1. The molecule has 3 rings (SSSR count). The summed E-state index contributed by atoms with van der Waals surface area (Å²) in [5, 5.41) is 24.7. The molecule has 38 heavy (non-hydrogen) atoms. The second-order valence-corrected chi connectivity index (χ2v) is 7.59. The molecule has 10 heteroatoms. The minimum Gasteiger partial charge on any atom is -0.307 e.